The first-order valence-electron chi connectivity index (χ1n) is 6.85. The minimum Gasteiger partial charge on any atom is -0.389 e. The Kier molecular flexibility index (Phi) is 3.33. The second-order valence-corrected chi connectivity index (χ2v) is 5.31. The van der Waals surface area contributed by atoms with Gasteiger partial charge in [-0.25, -0.2) is 0 Å². The second-order valence-electron chi connectivity index (χ2n) is 5.31. The van der Waals surface area contributed by atoms with Gasteiger partial charge in [0.15, 0.2) is 5.78 Å². The molecule has 2 aromatic rings. The van der Waals surface area contributed by atoms with E-state index in [-0.39, 0.29) is 12.3 Å². The third kappa shape index (κ3) is 2.04. The van der Waals surface area contributed by atoms with Gasteiger partial charge in [-0.1, -0.05) is 6.07 Å². The van der Waals surface area contributed by atoms with Crippen molar-refractivity contribution in [2.24, 2.45) is 5.73 Å². The number of ketones is 1. The number of Topliss-reactive ketones (excluding diaryl/α,β-unsaturated/α-hetero) is 1. The molecule has 106 valence electrons. The summed E-state index contributed by atoms with van der Waals surface area (Å²) in [5.74, 6) is 0.145. The Hall–Kier alpha value is -1.69. The van der Waals surface area contributed by atoms with E-state index in [9.17, 15) is 15.0 Å². The lowest BCUT2D eigenvalue weighted by molar-refractivity contribution is 0.0244. The minimum atomic E-state index is -1.01. The SMILES string of the molecule is NCC(O)C(O)c1ccc2[nH]c3c(c2c1)CCCC3=O. The third-order valence-electron chi connectivity index (χ3n) is 3.99. The van der Waals surface area contributed by atoms with Crippen molar-refractivity contribution in [1.29, 1.82) is 0 Å². The number of hydrogen-bond acceptors (Lipinski definition) is 4. The van der Waals surface area contributed by atoms with Gasteiger partial charge in [0.2, 0.25) is 0 Å². The summed E-state index contributed by atoms with van der Waals surface area (Å²) in [6.07, 6.45) is 0.316. The zero-order valence-electron chi connectivity index (χ0n) is 11.1. The lowest BCUT2D eigenvalue weighted by Gasteiger charge is -2.16. The number of aromatic amines is 1. The number of aliphatic hydroxyl groups is 2. The summed E-state index contributed by atoms with van der Waals surface area (Å²) < 4.78 is 0. The zero-order valence-corrected chi connectivity index (χ0v) is 11.1. The summed E-state index contributed by atoms with van der Waals surface area (Å²) in [5.41, 5.74) is 8.60. The van der Waals surface area contributed by atoms with Crippen LogP contribution in [0.15, 0.2) is 18.2 Å². The number of aliphatic hydroxyl groups excluding tert-OH is 2. The fourth-order valence-electron chi connectivity index (χ4n) is 2.85. The van der Waals surface area contributed by atoms with Gasteiger partial charge < -0.3 is 20.9 Å². The fraction of sp³-hybridized carbons (Fsp3) is 0.400. The zero-order chi connectivity index (χ0) is 14.3. The van der Waals surface area contributed by atoms with Crippen LogP contribution in [0.1, 0.15) is 40.6 Å². The molecule has 20 heavy (non-hydrogen) atoms. The predicted octanol–water partition coefficient (Wildman–Crippen LogP) is 1.04. The summed E-state index contributed by atoms with van der Waals surface area (Å²) in [7, 11) is 0. The van der Waals surface area contributed by atoms with E-state index >= 15 is 0 Å². The summed E-state index contributed by atoms with van der Waals surface area (Å²) in [4.78, 5) is 15.0. The average molecular weight is 274 g/mol. The maximum atomic E-state index is 11.9. The number of benzene rings is 1. The van der Waals surface area contributed by atoms with Gasteiger partial charge in [0.05, 0.1) is 11.8 Å². The molecule has 1 heterocycles. The van der Waals surface area contributed by atoms with Gasteiger partial charge in [0, 0.05) is 23.9 Å². The number of H-pyrrole nitrogens is 1. The van der Waals surface area contributed by atoms with Crippen LogP contribution in [0.5, 0.6) is 0 Å². The highest BCUT2D eigenvalue weighted by molar-refractivity contribution is 6.03. The summed E-state index contributed by atoms with van der Waals surface area (Å²) in [6, 6.07) is 5.42. The summed E-state index contributed by atoms with van der Waals surface area (Å²) in [5, 5.41) is 20.6. The molecule has 5 nitrogen and oxygen atoms in total. The van der Waals surface area contributed by atoms with Crippen LogP contribution in [0.2, 0.25) is 0 Å². The van der Waals surface area contributed by atoms with Gasteiger partial charge >= 0.3 is 0 Å². The molecule has 1 aromatic heterocycles. The van der Waals surface area contributed by atoms with E-state index in [0.29, 0.717) is 17.7 Å². The first-order valence-corrected chi connectivity index (χ1v) is 6.85. The maximum Gasteiger partial charge on any atom is 0.179 e. The number of nitrogens with one attached hydrogen (secondary N) is 1. The Labute approximate surface area is 116 Å². The number of hydrogen-bond donors (Lipinski definition) is 4. The van der Waals surface area contributed by atoms with Gasteiger partial charge in [0.25, 0.3) is 0 Å². The van der Waals surface area contributed by atoms with Crippen LogP contribution in [0.25, 0.3) is 10.9 Å². The number of aryl methyl sites for hydroxylation is 1. The molecule has 2 atom stereocenters. The van der Waals surface area contributed by atoms with Crippen LogP contribution in [-0.4, -0.2) is 33.6 Å². The van der Waals surface area contributed by atoms with E-state index in [1.807, 2.05) is 12.1 Å². The number of nitrogens with two attached hydrogens (primary N) is 1. The largest absolute Gasteiger partial charge is 0.389 e. The van der Waals surface area contributed by atoms with Crippen LogP contribution < -0.4 is 5.73 Å². The third-order valence-corrected chi connectivity index (χ3v) is 3.99. The van der Waals surface area contributed by atoms with Crippen molar-refractivity contribution in [3.8, 4) is 0 Å². The number of carbonyl (C=O) groups excluding carboxylic acids is 1. The molecule has 5 heteroatoms. The number of carbonyl (C=O) groups is 1. The smallest absolute Gasteiger partial charge is 0.179 e. The molecular weight excluding hydrogens is 256 g/mol. The second kappa shape index (κ2) is 5.01. The van der Waals surface area contributed by atoms with E-state index in [0.717, 1.165) is 29.3 Å². The van der Waals surface area contributed by atoms with Crippen molar-refractivity contribution in [1.82, 2.24) is 4.98 Å². The summed E-state index contributed by atoms with van der Waals surface area (Å²) >= 11 is 0. The molecular formula is C15H18N2O3. The molecule has 3 rings (SSSR count). The quantitative estimate of drug-likeness (QED) is 0.672. The molecule has 5 N–H and O–H groups in total. The number of aromatic nitrogens is 1. The molecule has 0 spiro atoms. The molecule has 2 unspecified atom stereocenters. The molecule has 1 aliphatic rings. The van der Waals surface area contributed by atoms with Crippen molar-refractivity contribution >= 4 is 16.7 Å². The average Bonchev–Trinajstić information content (AvgIpc) is 2.85. The predicted molar refractivity (Wildman–Crippen MR) is 75.6 cm³/mol. The highest BCUT2D eigenvalue weighted by Gasteiger charge is 2.23. The normalized spacial score (nSPS) is 18.1. The van der Waals surface area contributed by atoms with Crippen molar-refractivity contribution in [3.63, 3.8) is 0 Å². The van der Waals surface area contributed by atoms with Gasteiger partial charge in [-0.2, -0.15) is 0 Å². The Morgan fingerprint density at radius 2 is 2.10 bits per heavy atom. The van der Waals surface area contributed by atoms with Crippen molar-refractivity contribution in [2.75, 3.05) is 6.54 Å². The van der Waals surface area contributed by atoms with E-state index in [1.165, 1.54) is 0 Å². The first-order chi connectivity index (χ1) is 9.61. The number of fused-ring (bicyclic) bond motifs is 3. The molecule has 0 aliphatic heterocycles. The monoisotopic (exact) mass is 274 g/mol. The van der Waals surface area contributed by atoms with E-state index < -0.39 is 12.2 Å². The molecule has 0 bridgehead atoms. The fourth-order valence-corrected chi connectivity index (χ4v) is 2.85. The van der Waals surface area contributed by atoms with Crippen LogP contribution in [0.4, 0.5) is 0 Å². The van der Waals surface area contributed by atoms with E-state index in [1.54, 1.807) is 6.07 Å². The molecule has 1 aliphatic carbocycles. The summed E-state index contributed by atoms with van der Waals surface area (Å²) in [6.45, 7) is 0.00291. The van der Waals surface area contributed by atoms with E-state index in [2.05, 4.69) is 4.98 Å². The lowest BCUT2D eigenvalue weighted by atomic mass is 9.93. The van der Waals surface area contributed by atoms with Crippen LogP contribution in [0, 0.1) is 0 Å². The standard InChI is InChI=1S/C15H18N2O3/c16-7-13(19)15(20)8-4-5-11-10(6-8)9-2-1-3-12(18)14(9)17-11/h4-6,13,15,17,19-20H,1-3,7,16H2. The Balaban J connectivity index is 2.09. The topological polar surface area (TPSA) is 99.3 Å². The van der Waals surface area contributed by atoms with Gasteiger partial charge in [-0.15, -0.1) is 0 Å². The van der Waals surface area contributed by atoms with Crippen LogP contribution in [-0.2, 0) is 6.42 Å². The maximum absolute atomic E-state index is 11.9. The van der Waals surface area contributed by atoms with Gasteiger partial charge in [0.1, 0.15) is 6.10 Å². The van der Waals surface area contributed by atoms with Crippen molar-refractivity contribution in [3.05, 3.63) is 35.0 Å². The highest BCUT2D eigenvalue weighted by Crippen LogP contribution is 2.31. The lowest BCUT2D eigenvalue weighted by Crippen LogP contribution is -2.27. The van der Waals surface area contributed by atoms with Crippen molar-refractivity contribution < 1.29 is 15.0 Å². The molecule has 0 saturated heterocycles. The van der Waals surface area contributed by atoms with Gasteiger partial charge in [-0.05, 0) is 36.1 Å². The number of rotatable bonds is 3. The molecule has 0 saturated carbocycles. The van der Waals surface area contributed by atoms with Crippen molar-refractivity contribution in [2.45, 2.75) is 31.5 Å². The van der Waals surface area contributed by atoms with Gasteiger partial charge in [-0.3, -0.25) is 4.79 Å². The highest BCUT2D eigenvalue weighted by atomic mass is 16.3. The Bertz CT molecular complexity index is 662. The minimum absolute atomic E-state index is 0.00291. The van der Waals surface area contributed by atoms with E-state index in [4.69, 9.17) is 5.73 Å². The molecule has 0 amide bonds. The van der Waals surface area contributed by atoms with Crippen LogP contribution >= 0.6 is 0 Å². The molecule has 0 radical (unpaired) electrons. The molecule has 1 aromatic carbocycles. The Morgan fingerprint density at radius 1 is 1.30 bits per heavy atom. The molecule has 0 fully saturated rings. The first kappa shape index (κ1) is 13.3. The van der Waals surface area contributed by atoms with Crippen LogP contribution in [0.3, 0.4) is 0 Å². The Morgan fingerprint density at radius 3 is 2.85 bits per heavy atom.